The van der Waals surface area contributed by atoms with Crippen molar-refractivity contribution in [3.8, 4) is 5.75 Å². The Labute approximate surface area is 154 Å². The third kappa shape index (κ3) is 5.32. The highest BCUT2D eigenvalue weighted by Gasteiger charge is 2.22. The summed E-state index contributed by atoms with van der Waals surface area (Å²) in [5.74, 6) is 0.253. The molecule has 2 rings (SSSR count). The molecule has 0 bridgehead atoms. The molecular weight excluding hydrogens is 330 g/mol. The van der Waals surface area contributed by atoms with Gasteiger partial charge in [0.05, 0.1) is 18.8 Å². The van der Waals surface area contributed by atoms with Crippen molar-refractivity contribution in [2.45, 2.75) is 13.0 Å². The molecule has 0 heterocycles. The first-order valence-electron chi connectivity index (χ1n) is 8.54. The van der Waals surface area contributed by atoms with Gasteiger partial charge in [0, 0.05) is 14.1 Å². The van der Waals surface area contributed by atoms with E-state index >= 15 is 0 Å². The summed E-state index contributed by atoms with van der Waals surface area (Å²) in [4.78, 5) is 26.3. The summed E-state index contributed by atoms with van der Waals surface area (Å²) in [6.07, 6.45) is 0. The number of para-hydroxylation sites is 2. The van der Waals surface area contributed by atoms with E-state index in [2.05, 4.69) is 10.6 Å². The highest BCUT2D eigenvalue weighted by atomic mass is 16.5. The van der Waals surface area contributed by atoms with E-state index in [-0.39, 0.29) is 18.4 Å². The van der Waals surface area contributed by atoms with E-state index in [9.17, 15) is 9.59 Å². The SMILES string of the molecule is CCOc1ccccc1NC(=O)[C@H](NCC(=O)N(C)C)c1ccccc1. The zero-order chi connectivity index (χ0) is 18.9. The van der Waals surface area contributed by atoms with Gasteiger partial charge in [-0.1, -0.05) is 42.5 Å². The molecule has 0 aliphatic heterocycles. The number of hydrogen-bond acceptors (Lipinski definition) is 4. The minimum absolute atomic E-state index is 0.0626. The molecule has 6 nitrogen and oxygen atoms in total. The molecule has 0 aromatic heterocycles. The second-order valence-corrected chi connectivity index (χ2v) is 5.93. The molecule has 1 atom stereocenters. The molecule has 0 saturated heterocycles. The van der Waals surface area contributed by atoms with Crippen LogP contribution in [0.3, 0.4) is 0 Å². The maximum Gasteiger partial charge on any atom is 0.246 e. The van der Waals surface area contributed by atoms with Crippen molar-refractivity contribution >= 4 is 17.5 Å². The Morgan fingerprint density at radius 3 is 2.35 bits per heavy atom. The van der Waals surface area contributed by atoms with Crippen molar-refractivity contribution in [3.05, 3.63) is 60.2 Å². The standard InChI is InChI=1S/C20H25N3O3/c1-4-26-17-13-9-8-12-16(17)22-20(25)19(15-10-6-5-7-11-15)21-14-18(24)23(2)3/h5-13,19,21H,4,14H2,1-3H3,(H,22,25)/t19-/m1/s1. The van der Waals surface area contributed by atoms with Gasteiger partial charge in [-0.15, -0.1) is 0 Å². The number of nitrogens with zero attached hydrogens (tertiary/aromatic N) is 1. The average Bonchev–Trinajstić information content (AvgIpc) is 2.64. The van der Waals surface area contributed by atoms with Crippen molar-refractivity contribution in [2.75, 3.05) is 32.6 Å². The van der Waals surface area contributed by atoms with E-state index in [0.29, 0.717) is 18.0 Å². The van der Waals surface area contributed by atoms with Gasteiger partial charge in [0.1, 0.15) is 11.8 Å². The summed E-state index contributed by atoms with van der Waals surface area (Å²) in [6, 6.07) is 15.9. The van der Waals surface area contributed by atoms with E-state index in [1.807, 2.05) is 49.4 Å². The molecule has 6 heteroatoms. The maximum absolute atomic E-state index is 12.9. The molecule has 2 N–H and O–H groups in total. The summed E-state index contributed by atoms with van der Waals surface area (Å²) < 4.78 is 5.56. The van der Waals surface area contributed by atoms with Crippen LogP contribution in [0.25, 0.3) is 0 Å². The molecule has 0 radical (unpaired) electrons. The normalized spacial score (nSPS) is 11.5. The van der Waals surface area contributed by atoms with Crippen molar-refractivity contribution in [3.63, 3.8) is 0 Å². The topological polar surface area (TPSA) is 70.7 Å². The van der Waals surface area contributed by atoms with Gasteiger partial charge >= 0.3 is 0 Å². The number of nitrogens with one attached hydrogen (secondary N) is 2. The minimum Gasteiger partial charge on any atom is -0.492 e. The van der Waals surface area contributed by atoms with Crippen LogP contribution in [-0.4, -0.2) is 44.0 Å². The van der Waals surface area contributed by atoms with E-state index < -0.39 is 6.04 Å². The number of hydrogen-bond donors (Lipinski definition) is 2. The van der Waals surface area contributed by atoms with E-state index in [4.69, 9.17) is 4.74 Å². The first kappa shape index (κ1) is 19.5. The molecule has 2 aromatic rings. The number of rotatable bonds is 8. The minimum atomic E-state index is -0.658. The van der Waals surface area contributed by atoms with Crippen LogP contribution in [-0.2, 0) is 9.59 Å². The number of anilines is 1. The van der Waals surface area contributed by atoms with Gasteiger partial charge in [0.15, 0.2) is 0 Å². The van der Waals surface area contributed by atoms with Crippen molar-refractivity contribution in [1.82, 2.24) is 10.2 Å². The van der Waals surface area contributed by atoms with Crippen LogP contribution in [0.1, 0.15) is 18.5 Å². The molecule has 0 fully saturated rings. The fourth-order valence-corrected chi connectivity index (χ4v) is 2.41. The lowest BCUT2D eigenvalue weighted by atomic mass is 10.1. The first-order chi connectivity index (χ1) is 12.5. The quantitative estimate of drug-likeness (QED) is 0.763. The van der Waals surface area contributed by atoms with Crippen LogP contribution < -0.4 is 15.4 Å². The number of carbonyl (C=O) groups excluding carboxylic acids is 2. The lowest BCUT2D eigenvalue weighted by Gasteiger charge is -2.21. The summed E-state index contributed by atoms with van der Waals surface area (Å²) in [6.45, 7) is 2.46. The Morgan fingerprint density at radius 2 is 1.69 bits per heavy atom. The van der Waals surface area contributed by atoms with E-state index in [1.54, 1.807) is 26.2 Å². The van der Waals surface area contributed by atoms with Gasteiger partial charge in [-0.05, 0) is 24.6 Å². The second-order valence-electron chi connectivity index (χ2n) is 5.93. The number of amides is 2. The van der Waals surface area contributed by atoms with Gasteiger partial charge in [-0.3, -0.25) is 14.9 Å². The first-order valence-corrected chi connectivity index (χ1v) is 8.54. The summed E-state index contributed by atoms with van der Waals surface area (Å²) >= 11 is 0. The molecule has 0 aliphatic rings. The van der Waals surface area contributed by atoms with Gasteiger partial charge < -0.3 is 15.0 Å². The Balaban J connectivity index is 2.19. The van der Waals surface area contributed by atoms with E-state index in [0.717, 1.165) is 5.56 Å². The molecular formula is C20H25N3O3. The van der Waals surface area contributed by atoms with Crippen LogP contribution in [0.2, 0.25) is 0 Å². The van der Waals surface area contributed by atoms with Crippen LogP contribution >= 0.6 is 0 Å². The number of benzene rings is 2. The van der Waals surface area contributed by atoms with Crippen molar-refractivity contribution in [1.29, 1.82) is 0 Å². The Bertz CT molecular complexity index is 732. The Kier molecular flexibility index (Phi) is 7.17. The molecule has 2 amide bonds. The molecule has 0 unspecified atom stereocenters. The molecule has 2 aromatic carbocycles. The van der Waals surface area contributed by atoms with Crippen LogP contribution in [0.15, 0.2) is 54.6 Å². The van der Waals surface area contributed by atoms with E-state index in [1.165, 1.54) is 4.90 Å². The lowest BCUT2D eigenvalue weighted by molar-refractivity contribution is -0.128. The monoisotopic (exact) mass is 355 g/mol. The summed E-state index contributed by atoms with van der Waals surface area (Å²) in [5, 5.41) is 5.94. The predicted molar refractivity (Wildman–Crippen MR) is 102 cm³/mol. The van der Waals surface area contributed by atoms with Crippen LogP contribution in [0.5, 0.6) is 5.75 Å². The van der Waals surface area contributed by atoms with Gasteiger partial charge in [-0.25, -0.2) is 0 Å². The predicted octanol–water partition coefficient (Wildman–Crippen LogP) is 2.44. The molecule has 138 valence electrons. The average molecular weight is 355 g/mol. The highest BCUT2D eigenvalue weighted by Crippen LogP contribution is 2.25. The van der Waals surface area contributed by atoms with Gasteiger partial charge in [0.25, 0.3) is 0 Å². The van der Waals surface area contributed by atoms with Gasteiger partial charge in [-0.2, -0.15) is 0 Å². The Hall–Kier alpha value is -2.86. The zero-order valence-corrected chi connectivity index (χ0v) is 15.4. The maximum atomic E-state index is 12.9. The van der Waals surface area contributed by atoms with Crippen molar-refractivity contribution < 1.29 is 14.3 Å². The molecule has 0 aliphatic carbocycles. The second kappa shape index (κ2) is 9.58. The number of carbonyl (C=O) groups is 2. The summed E-state index contributed by atoms with van der Waals surface area (Å²) in [5.41, 5.74) is 1.38. The third-order valence-electron chi connectivity index (χ3n) is 3.80. The number of ether oxygens (including phenoxy) is 1. The summed E-state index contributed by atoms with van der Waals surface area (Å²) in [7, 11) is 3.36. The fraction of sp³-hybridized carbons (Fsp3) is 0.300. The molecule has 26 heavy (non-hydrogen) atoms. The van der Waals surface area contributed by atoms with Gasteiger partial charge in [0.2, 0.25) is 11.8 Å². The highest BCUT2D eigenvalue weighted by molar-refractivity contribution is 5.97. The van der Waals surface area contributed by atoms with Crippen LogP contribution in [0.4, 0.5) is 5.69 Å². The third-order valence-corrected chi connectivity index (χ3v) is 3.80. The van der Waals surface area contributed by atoms with Crippen molar-refractivity contribution in [2.24, 2.45) is 0 Å². The smallest absolute Gasteiger partial charge is 0.246 e. The largest absolute Gasteiger partial charge is 0.492 e. The number of likely N-dealkylation sites (N-methyl/N-ethyl adjacent to an activating group) is 1. The fourth-order valence-electron chi connectivity index (χ4n) is 2.41. The zero-order valence-electron chi connectivity index (χ0n) is 15.4. The van der Waals surface area contributed by atoms with Crippen LogP contribution in [0, 0.1) is 0 Å². The molecule has 0 spiro atoms. The Morgan fingerprint density at radius 1 is 1.04 bits per heavy atom. The lowest BCUT2D eigenvalue weighted by Crippen LogP contribution is -2.39. The molecule has 0 saturated carbocycles.